The van der Waals surface area contributed by atoms with Gasteiger partial charge in [0.15, 0.2) is 11.5 Å². The molecule has 0 amide bonds. The molecule has 3 heteroatoms. The average Bonchev–Trinajstić information content (AvgIpc) is 2.07. The molecule has 1 fully saturated rings. The van der Waals surface area contributed by atoms with Crippen molar-refractivity contribution in [2.75, 3.05) is 13.1 Å². The number of nitrogens with one attached hydrogen (secondary N) is 1. The quantitative estimate of drug-likeness (QED) is 0.746. The third kappa shape index (κ3) is 1.68. The molecule has 0 atom stereocenters. The fourth-order valence-corrected chi connectivity index (χ4v) is 1.53. The highest BCUT2D eigenvalue weighted by Crippen LogP contribution is 2.30. The number of hydrogen-bond acceptors (Lipinski definition) is 3. The Balaban J connectivity index is 2.16. The molecule has 1 aromatic rings. The van der Waals surface area contributed by atoms with E-state index in [0.717, 1.165) is 18.7 Å². The molecule has 0 spiro atoms. The minimum atomic E-state index is -0.160. The summed E-state index contributed by atoms with van der Waals surface area (Å²) in [5.41, 5.74) is 0.874. The Hall–Kier alpha value is -1.22. The number of ether oxygens (including phenoxy) is 1. The zero-order valence-electron chi connectivity index (χ0n) is 8.50. The van der Waals surface area contributed by atoms with Gasteiger partial charge in [-0.1, -0.05) is 6.07 Å². The monoisotopic (exact) mass is 193 g/mol. The lowest BCUT2D eigenvalue weighted by atomic mass is 10.00. The fraction of sp³-hybridized carbons (Fsp3) is 0.455. The van der Waals surface area contributed by atoms with Crippen molar-refractivity contribution in [2.24, 2.45) is 0 Å². The van der Waals surface area contributed by atoms with E-state index in [-0.39, 0.29) is 11.4 Å². The van der Waals surface area contributed by atoms with Crippen molar-refractivity contribution < 1.29 is 9.84 Å². The summed E-state index contributed by atoms with van der Waals surface area (Å²) >= 11 is 0. The summed E-state index contributed by atoms with van der Waals surface area (Å²) < 4.78 is 5.71. The van der Waals surface area contributed by atoms with E-state index in [1.54, 1.807) is 6.07 Å². The van der Waals surface area contributed by atoms with Crippen LogP contribution in [0.2, 0.25) is 0 Å². The normalized spacial score (nSPS) is 18.7. The van der Waals surface area contributed by atoms with Gasteiger partial charge in [0.05, 0.1) is 0 Å². The van der Waals surface area contributed by atoms with Crippen LogP contribution in [0.25, 0.3) is 0 Å². The topological polar surface area (TPSA) is 41.5 Å². The van der Waals surface area contributed by atoms with E-state index >= 15 is 0 Å². The summed E-state index contributed by atoms with van der Waals surface area (Å²) in [6, 6.07) is 5.46. The number of rotatable bonds is 2. The van der Waals surface area contributed by atoms with Crippen LogP contribution in [0.4, 0.5) is 0 Å². The Labute approximate surface area is 83.7 Å². The van der Waals surface area contributed by atoms with Gasteiger partial charge in [-0.3, -0.25) is 0 Å². The van der Waals surface area contributed by atoms with Crippen LogP contribution in [-0.4, -0.2) is 23.8 Å². The SMILES string of the molecule is Cc1ccc(OC2(C)CNC2)c(O)c1. The highest BCUT2D eigenvalue weighted by Gasteiger charge is 2.34. The van der Waals surface area contributed by atoms with Crippen LogP contribution >= 0.6 is 0 Å². The first-order valence-electron chi connectivity index (χ1n) is 4.78. The smallest absolute Gasteiger partial charge is 0.161 e. The summed E-state index contributed by atoms with van der Waals surface area (Å²) in [4.78, 5) is 0. The first kappa shape index (κ1) is 9.34. The molecule has 0 radical (unpaired) electrons. The Morgan fingerprint density at radius 2 is 2.14 bits per heavy atom. The van der Waals surface area contributed by atoms with Crippen molar-refractivity contribution in [3.63, 3.8) is 0 Å². The van der Waals surface area contributed by atoms with Crippen molar-refractivity contribution in [1.82, 2.24) is 5.32 Å². The standard InChI is InChI=1S/C11H15NO2/c1-8-3-4-10(9(13)5-8)14-11(2)6-12-7-11/h3-5,12-13H,6-7H2,1-2H3. The molecule has 0 saturated carbocycles. The second kappa shape index (κ2) is 3.17. The third-order valence-corrected chi connectivity index (χ3v) is 2.47. The molecule has 76 valence electrons. The van der Waals surface area contributed by atoms with Crippen LogP contribution < -0.4 is 10.1 Å². The summed E-state index contributed by atoms with van der Waals surface area (Å²) in [6.45, 7) is 5.64. The van der Waals surface area contributed by atoms with Crippen LogP contribution in [0.1, 0.15) is 12.5 Å². The van der Waals surface area contributed by atoms with Gasteiger partial charge in [0.2, 0.25) is 0 Å². The van der Waals surface area contributed by atoms with Crippen LogP contribution in [-0.2, 0) is 0 Å². The van der Waals surface area contributed by atoms with E-state index in [0.29, 0.717) is 5.75 Å². The molecule has 14 heavy (non-hydrogen) atoms. The molecule has 1 aliphatic rings. The largest absolute Gasteiger partial charge is 0.504 e. The van der Waals surface area contributed by atoms with Gasteiger partial charge >= 0.3 is 0 Å². The Morgan fingerprint density at radius 1 is 1.43 bits per heavy atom. The van der Waals surface area contributed by atoms with Crippen LogP contribution in [0.5, 0.6) is 11.5 Å². The predicted octanol–water partition coefficient (Wildman–Crippen LogP) is 1.44. The first-order valence-corrected chi connectivity index (χ1v) is 4.78. The third-order valence-electron chi connectivity index (χ3n) is 2.47. The molecule has 1 heterocycles. The van der Waals surface area contributed by atoms with Gasteiger partial charge in [-0.05, 0) is 31.5 Å². The first-order chi connectivity index (χ1) is 6.59. The lowest BCUT2D eigenvalue weighted by molar-refractivity contribution is 0.0324. The van der Waals surface area contributed by atoms with Crippen molar-refractivity contribution in [3.8, 4) is 11.5 Å². The van der Waals surface area contributed by atoms with Gasteiger partial charge in [-0.25, -0.2) is 0 Å². The lowest BCUT2D eigenvalue weighted by Crippen LogP contribution is -2.61. The maximum atomic E-state index is 9.63. The molecule has 3 nitrogen and oxygen atoms in total. The van der Waals surface area contributed by atoms with E-state index in [2.05, 4.69) is 5.32 Å². The van der Waals surface area contributed by atoms with E-state index in [1.807, 2.05) is 26.0 Å². The molecule has 1 aromatic carbocycles. The van der Waals surface area contributed by atoms with E-state index in [1.165, 1.54) is 0 Å². The molecule has 1 aliphatic heterocycles. The summed E-state index contributed by atoms with van der Waals surface area (Å²) in [5, 5.41) is 12.8. The minimum Gasteiger partial charge on any atom is -0.504 e. The van der Waals surface area contributed by atoms with Crippen molar-refractivity contribution >= 4 is 0 Å². The van der Waals surface area contributed by atoms with Crippen molar-refractivity contribution in [1.29, 1.82) is 0 Å². The molecule has 2 N–H and O–H groups in total. The maximum Gasteiger partial charge on any atom is 0.161 e. The molecule has 0 unspecified atom stereocenters. The second-order valence-electron chi connectivity index (χ2n) is 4.13. The summed E-state index contributed by atoms with van der Waals surface area (Å²) in [7, 11) is 0. The van der Waals surface area contributed by atoms with Crippen LogP contribution in [0.15, 0.2) is 18.2 Å². The van der Waals surface area contributed by atoms with Crippen LogP contribution in [0, 0.1) is 6.92 Å². The Kier molecular flexibility index (Phi) is 2.11. The zero-order chi connectivity index (χ0) is 10.2. The fourth-order valence-electron chi connectivity index (χ4n) is 1.53. The summed E-state index contributed by atoms with van der Waals surface area (Å²) in [6.07, 6.45) is 0. The number of aromatic hydroxyl groups is 1. The van der Waals surface area contributed by atoms with Crippen molar-refractivity contribution in [3.05, 3.63) is 23.8 Å². The molecule has 0 aliphatic carbocycles. The zero-order valence-corrected chi connectivity index (χ0v) is 8.50. The lowest BCUT2D eigenvalue weighted by Gasteiger charge is -2.39. The number of phenols is 1. The maximum absolute atomic E-state index is 9.63. The van der Waals surface area contributed by atoms with Crippen molar-refractivity contribution in [2.45, 2.75) is 19.4 Å². The minimum absolute atomic E-state index is 0.160. The highest BCUT2D eigenvalue weighted by atomic mass is 16.5. The van der Waals surface area contributed by atoms with Crippen LogP contribution in [0.3, 0.4) is 0 Å². The molecule has 0 bridgehead atoms. The summed E-state index contributed by atoms with van der Waals surface area (Å²) in [5.74, 6) is 0.790. The van der Waals surface area contributed by atoms with Gasteiger partial charge in [0.25, 0.3) is 0 Å². The van der Waals surface area contributed by atoms with Gasteiger partial charge in [0, 0.05) is 13.1 Å². The highest BCUT2D eigenvalue weighted by molar-refractivity contribution is 5.41. The van der Waals surface area contributed by atoms with E-state index in [9.17, 15) is 5.11 Å². The van der Waals surface area contributed by atoms with E-state index < -0.39 is 0 Å². The van der Waals surface area contributed by atoms with E-state index in [4.69, 9.17) is 4.74 Å². The van der Waals surface area contributed by atoms with Gasteiger partial charge < -0.3 is 15.2 Å². The van der Waals surface area contributed by atoms with Gasteiger partial charge in [-0.2, -0.15) is 0 Å². The molecule has 0 aromatic heterocycles. The molecular weight excluding hydrogens is 178 g/mol. The van der Waals surface area contributed by atoms with Gasteiger partial charge in [0.1, 0.15) is 5.60 Å². The number of phenolic OH excluding ortho intramolecular Hbond substituents is 1. The molecule has 2 rings (SSSR count). The number of benzene rings is 1. The molecular formula is C11H15NO2. The Bertz CT molecular complexity index is 345. The number of hydrogen-bond donors (Lipinski definition) is 2. The number of aryl methyl sites for hydroxylation is 1. The Morgan fingerprint density at radius 3 is 2.64 bits per heavy atom. The second-order valence-corrected chi connectivity index (χ2v) is 4.13. The average molecular weight is 193 g/mol. The predicted molar refractivity (Wildman–Crippen MR) is 54.7 cm³/mol. The van der Waals surface area contributed by atoms with Gasteiger partial charge in [-0.15, -0.1) is 0 Å². The molecule has 1 saturated heterocycles.